The normalized spacial score (nSPS) is 15.4. The average Bonchev–Trinajstić information content (AvgIpc) is 3.33. The summed E-state index contributed by atoms with van der Waals surface area (Å²) in [6.07, 6.45) is 0.897. The van der Waals surface area contributed by atoms with E-state index in [1.165, 1.54) is 11.3 Å². The first-order valence-electron chi connectivity index (χ1n) is 12.2. The van der Waals surface area contributed by atoms with E-state index >= 15 is 0 Å². The molecule has 1 aliphatic heterocycles. The van der Waals surface area contributed by atoms with Crippen LogP contribution < -0.4 is 10.1 Å². The van der Waals surface area contributed by atoms with Gasteiger partial charge in [0.05, 0.1) is 11.3 Å². The molecule has 0 radical (unpaired) electrons. The van der Waals surface area contributed by atoms with Gasteiger partial charge in [0, 0.05) is 30.1 Å². The topological polar surface area (TPSA) is 97.3 Å². The number of rotatable bonds is 6. The lowest BCUT2D eigenvalue weighted by molar-refractivity contribution is -0.139. The van der Waals surface area contributed by atoms with E-state index in [2.05, 4.69) is 36.3 Å². The molecule has 1 N–H and O–H groups in total. The molecular weight excluding hydrogens is 474 g/mol. The molecule has 1 unspecified atom stereocenters. The zero-order valence-corrected chi connectivity index (χ0v) is 22.3. The van der Waals surface area contributed by atoms with Crippen molar-refractivity contribution in [1.82, 2.24) is 20.1 Å². The number of pyridine rings is 1. The molecule has 0 spiro atoms. The molecule has 0 aliphatic carbocycles. The molecule has 36 heavy (non-hydrogen) atoms. The summed E-state index contributed by atoms with van der Waals surface area (Å²) in [5, 5.41) is 12.6. The van der Waals surface area contributed by atoms with Crippen LogP contribution in [0.1, 0.15) is 73.2 Å². The van der Waals surface area contributed by atoms with Crippen molar-refractivity contribution in [1.29, 1.82) is 0 Å². The Morgan fingerprint density at radius 3 is 2.42 bits per heavy atom. The number of carbonyl (C=O) groups excluding carboxylic acids is 2. The maximum absolute atomic E-state index is 13.2. The number of nitrogens with one attached hydrogen (secondary N) is 1. The minimum absolute atomic E-state index is 0.0293. The number of benzene rings is 1. The van der Waals surface area contributed by atoms with Gasteiger partial charge in [0.1, 0.15) is 10.8 Å². The summed E-state index contributed by atoms with van der Waals surface area (Å²) in [7, 11) is 0. The van der Waals surface area contributed by atoms with Crippen molar-refractivity contribution < 1.29 is 14.3 Å². The van der Waals surface area contributed by atoms with Gasteiger partial charge in [0.15, 0.2) is 6.10 Å². The molecule has 1 atom stereocenters. The van der Waals surface area contributed by atoms with Gasteiger partial charge in [-0.3, -0.25) is 19.9 Å². The highest BCUT2D eigenvalue weighted by molar-refractivity contribution is 7.15. The van der Waals surface area contributed by atoms with Crippen molar-refractivity contribution in [2.45, 2.75) is 64.9 Å². The van der Waals surface area contributed by atoms with Gasteiger partial charge < -0.3 is 9.64 Å². The first-order chi connectivity index (χ1) is 17.1. The number of amides is 2. The van der Waals surface area contributed by atoms with E-state index < -0.39 is 6.10 Å². The van der Waals surface area contributed by atoms with Crippen LogP contribution in [0.3, 0.4) is 0 Å². The Morgan fingerprint density at radius 1 is 1.08 bits per heavy atom. The van der Waals surface area contributed by atoms with E-state index in [0.29, 0.717) is 29.5 Å². The Morgan fingerprint density at radius 2 is 1.78 bits per heavy atom. The number of aromatic nitrogens is 3. The lowest BCUT2D eigenvalue weighted by Crippen LogP contribution is -2.44. The van der Waals surface area contributed by atoms with Crippen molar-refractivity contribution in [3.63, 3.8) is 0 Å². The summed E-state index contributed by atoms with van der Waals surface area (Å²) < 4.78 is 5.82. The Labute approximate surface area is 216 Å². The SMILES string of the molecule is Cc1ccc(C(=O)Nc2nnc(C(C)(C)C)s2)c(C2CCN(C(=O)C(C)Oc3ccccc3)CC2)n1. The van der Waals surface area contributed by atoms with E-state index in [1.807, 2.05) is 54.3 Å². The first kappa shape index (κ1) is 25.8. The Bertz CT molecular complexity index is 1210. The Balaban J connectivity index is 1.42. The van der Waals surface area contributed by atoms with Crippen LogP contribution >= 0.6 is 11.3 Å². The van der Waals surface area contributed by atoms with E-state index in [1.54, 1.807) is 6.92 Å². The van der Waals surface area contributed by atoms with Crippen LogP contribution in [0.25, 0.3) is 0 Å². The quantitative estimate of drug-likeness (QED) is 0.506. The third-order valence-corrected chi connectivity index (χ3v) is 7.46. The molecule has 3 aromatic rings. The van der Waals surface area contributed by atoms with E-state index in [9.17, 15) is 9.59 Å². The number of nitrogens with zero attached hydrogens (tertiary/aromatic N) is 4. The summed E-state index contributed by atoms with van der Waals surface area (Å²) in [5.41, 5.74) is 2.04. The summed E-state index contributed by atoms with van der Waals surface area (Å²) in [4.78, 5) is 32.7. The zero-order valence-electron chi connectivity index (χ0n) is 21.4. The molecular formula is C27H33N5O3S. The third-order valence-electron chi connectivity index (χ3n) is 6.19. The van der Waals surface area contributed by atoms with E-state index in [-0.39, 0.29) is 23.1 Å². The third kappa shape index (κ3) is 6.07. The summed E-state index contributed by atoms with van der Waals surface area (Å²) in [5.74, 6) is 0.494. The van der Waals surface area contributed by atoms with Crippen molar-refractivity contribution in [2.24, 2.45) is 0 Å². The van der Waals surface area contributed by atoms with Gasteiger partial charge in [-0.05, 0) is 51.0 Å². The summed E-state index contributed by atoms with van der Waals surface area (Å²) in [6.45, 7) is 11.1. The molecule has 2 amide bonds. The van der Waals surface area contributed by atoms with Crippen molar-refractivity contribution in [2.75, 3.05) is 18.4 Å². The van der Waals surface area contributed by atoms with Crippen LogP contribution in [0.15, 0.2) is 42.5 Å². The fraction of sp³-hybridized carbons (Fsp3) is 0.444. The highest BCUT2D eigenvalue weighted by atomic mass is 32.1. The van der Waals surface area contributed by atoms with Gasteiger partial charge in [-0.15, -0.1) is 10.2 Å². The molecule has 1 saturated heterocycles. The molecule has 190 valence electrons. The first-order valence-corrected chi connectivity index (χ1v) is 13.1. The molecule has 0 saturated carbocycles. The Hall–Kier alpha value is -3.33. The van der Waals surface area contributed by atoms with Crippen molar-refractivity contribution in [3.8, 4) is 5.75 Å². The van der Waals surface area contributed by atoms with Crippen LogP contribution in [0.5, 0.6) is 5.75 Å². The standard InChI is InChI=1S/C27H33N5O3S/c1-17-11-12-21(23(33)29-26-31-30-25(36-26)27(3,4)5)22(28-17)19-13-15-32(16-14-19)24(34)18(2)35-20-9-7-6-8-10-20/h6-12,18-19H,13-16H2,1-5H3,(H,29,31,33). The largest absolute Gasteiger partial charge is 0.481 e. The molecule has 1 aliphatic rings. The van der Waals surface area contributed by atoms with Crippen molar-refractivity contribution >= 4 is 28.3 Å². The molecule has 9 heteroatoms. The predicted molar refractivity (Wildman–Crippen MR) is 141 cm³/mol. The van der Waals surface area contributed by atoms with Gasteiger partial charge in [0.25, 0.3) is 11.8 Å². The van der Waals surface area contributed by atoms with Crippen molar-refractivity contribution in [3.05, 3.63) is 64.4 Å². The number of anilines is 1. The molecule has 1 fully saturated rings. The second kappa shape index (κ2) is 10.7. The second-order valence-corrected chi connectivity index (χ2v) is 11.2. The van der Waals surface area contributed by atoms with Gasteiger partial charge in [-0.2, -0.15) is 0 Å². The second-order valence-electron chi connectivity index (χ2n) is 10.2. The summed E-state index contributed by atoms with van der Waals surface area (Å²) >= 11 is 1.38. The number of carbonyl (C=O) groups is 2. The number of piperidine rings is 1. The van der Waals surface area contributed by atoms with Gasteiger partial charge >= 0.3 is 0 Å². The van der Waals surface area contributed by atoms with Crippen LogP contribution in [0.2, 0.25) is 0 Å². The van der Waals surface area contributed by atoms with Gasteiger partial charge in [0.2, 0.25) is 5.13 Å². The monoisotopic (exact) mass is 507 g/mol. The minimum Gasteiger partial charge on any atom is -0.481 e. The van der Waals surface area contributed by atoms with E-state index in [0.717, 1.165) is 29.2 Å². The minimum atomic E-state index is -0.563. The van der Waals surface area contributed by atoms with Crippen LogP contribution in [0, 0.1) is 6.92 Å². The molecule has 3 heterocycles. The predicted octanol–water partition coefficient (Wildman–Crippen LogP) is 4.96. The summed E-state index contributed by atoms with van der Waals surface area (Å²) in [6, 6.07) is 13.0. The fourth-order valence-electron chi connectivity index (χ4n) is 4.21. The highest BCUT2D eigenvalue weighted by Crippen LogP contribution is 2.32. The number of para-hydroxylation sites is 1. The van der Waals surface area contributed by atoms with Gasteiger partial charge in [-0.25, -0.2) is 0 Å². The van der Waals surface area contributed by atoms with Crippen LogP contribution in [-0.4, -0.2) is 51.1 Å². The number of ether oxygens (including phenoxy) is 1. The smallest absolute Gasteiger partial charge is 0.263 e. The average molecular weight is 508 g/mol. The molecule has 0 bridgehead atoms. The lowest BCUT2D eigenvalue weighted by atomic mass is 9.89. The van der Waals surface area contributed by atoms with E-state index in [4.69, 9.17) is 9.72 Å². The fourth-order valence-corrected chi connectivity index (χ4v) is 5.00. The maximum Gasteiger partial charge on any atom is 0.263 e. The molecule has 4 rings (SSSR count). The molecule has 2 aromatic heterocycles. The van der Waals surface area contributed by atoms with Gasteiger partial charge in [-0.1, -0.05) is 50.3 Å². The number of likely N-dealkylation sites (tertiary alicyclic amines) is 1. The molecule has 8 nitrogen and oxygen atoms in total. The maximum atomic E-state index is 13.2. The molecule has 1 aromatic carbocycles. The number of hydrogen-bond donors (Lipinski definition) is 1. The van der Waals surface area contributed by atoms with Crippen LogP contribution in [-0.2, 0) is 10.2 Å². The Kier molecular flexibility index (Phi) is 7.68. The number of aryl methyl sites for hydroxylation is 1. The van der Waals surface area contributed by atoms with Crippen LogP contribution in [0.4, 0.5) is 5.13 Å². The lowest BCUT2D eigenvalue weighted by Gasteiger charge is -2.34. The number of hydrogen-bond acceptors (Lipinski definition) is 7. The highest BCUT2D eigenvalue weighted by Gasteiger charge is 2.30. The zero-order chi connectivity index (χ0) is 25.9.